The van der Waals surface area contributed by atoms with E-state index in [4.69, 9.17) is 16.3 Å². The minimum absolute atomic E-state index is 0.0503. The summed E-state index contributed by atoms with van der Waals surface area (Å²) in [5, 5.41) is 3.81. The Hall–Kier alpha value is -1.06. The Balaban J connectivity index is 2.39. The van der Waals surface area contributed by atoms with Crippen LogP contribution in [0.2, 0.25) is 5.02 Å². The lowest BCUT2D eigenvalue weighted by Crippen LogP contribution is -2.44. The van der Waals surface area contributed by atoms with E-state index in [1.54, 1.807) is 25.3 Å². The third-order valence-electron chi connectivity index (χ3n) is 3.28. The van der Waals surface area contributed by atoms with Gasteiger partial charge in [-0.25, -0.2) is 0 Å². The summed E-state index contributed by atoms with van der Waals surface area (Å²) in [5.41, 5.74) is 0.0646. The molecule has 1 heterocycles. The van der Waals surface area contributed by atoms with Crippen molar-refractivity contribution >= 4 is 17.4 Å². The molecular weight excluding hydrogens is 238 g/mol. The Bertz CT molecular complexity index is 439. The number of carbonyl (C=O) groups excluding carboxylic acids is 1. The van der Waals surface area contributed by atoms with Crippen LogP contribution in [-0.2, 0) is 0 Å². The van der Waals surface area contributed by atoms with E-state index < -0.39 is 5.54 Å². The van der Waals surface area contributed by atoms with E-state index in [9.17, 15) is 4.79 Å². The fourth-order valence-corrected chi connectivity index (χ4v) is 2.42. The summed E-state index contributed by atoms with van der Waals surface area (Å²) in [5.74, 6) is 0.628. The van der Waals surface area contributed by atoms with Gasteiger partial charge in [-0.05, 0) is 44.5 Å². The lowest BCUT2D eigenvalue weighted by Gasteiger charge is -2.23. The maximum absolute atomic E-state index is 12.5. The van der Waals surface area contributed by atoms with E-state index >= 15 is 0 Å². The van der Waals surface area contributed by atoms with E-state index in [0.29, 0.717) is 16.3 Å². The minimum atomic E-state index is -0.488. The quantitative estimate of drug-likeness (QED) is 0.842. The third kappa shape index (κ3) is 2.31. The molecule has 0 saturated carbocycles. The molecule has 92 valence electrons. The Morgan fingerprint density at radius 3 is 2.88 bits per heavy atom. The molecule has 0 aromatic heterocycles. The van der Waals surface area contributed by atoms with E-state index in [2.05, 4.69) is 5.32 Å². The summed E-state index contributed by atoms with van der Waals surface area (Å²) in [4.78, 5) is 12.5. The summed E-state index contributed by atoms with van der Waals surface area (Å²) >= 11 is 5.94. The lowest BCUT2D eigenvalue weighted by molar-refractivity contribution is 0.0881. The van der Waals surface area contributed by atoms with Gasteiger partial charge < -0.3 is 10.1 Å². The highest BCUT2D eigenvalue weighted by atomic mass is 35.5. The van der Waals surface area contributed by atoms with Gasteiger partial charge in [-0.2, -0.15) is 0 Å². The number of ether oxygens (including phenoxy) is 1. The van der Waals surface area contributed by atoms with Gasteiger partial charge in [0.25, 0.3) is 0 Å². The van der Waals surface area contributed by atoms with Crippen LogP contribution in [0.4, 0.5) is 0 Å². The van der Waals surface area contributed by atoms with Gasteiger partial charge in [0.05, 0.1) is 18.2 Å². The maximum Gasteiger partial charge on any atom is 0.186 e. The van der Waals surface area contributed by atoms with Crippen LogP contribution in [0, 0.1) is 0 Å². The second kappa shape index (κ2) is 4.67. The number of carbonyl (C=O) groups is 1. The normalized spacial score (nSPS) is 23.7. The van der Waals surface area contributed by atoms with Crippen LogP contribution in [-0.4, -0.2) is 25.0 Å². The maximum atomic E-state index is 12.5. The first-order valence-corrected chi connectivity index (χ1v) is 6.08. The van der Waals surface area contributed by atoms with E-state index in [0.717, 1.165) is 19.4 Å². The SMILES string of the molecule is COc1ccc(Cl)cc1C(=O)C1(C)CCCN1. The molecule has 0 bridgehead atoms. The van der Waals surface area contributed by atoms with Crippen LogP contribution in [0.25, 0.3) is 0 Å². The Morgan fingerprint density at radius 2 is 2.29 bits per heavy atom. The molecule has 1 aromatic carbocycles. The second-order valence-corrected chi connectivity index (χ2v) is 4.97. The number of hydrogen-bond donors (Lipinski definition) is 1. The van der Waals surface area contributed by atoms with Crippen molar-refractivity contribution in [1.29, 1.82) is 0 Å². The summed E-state index contributed by atoms with van der Waals surface area (Å²) < 4.78 is 5.22. The van der Waals surface area contributed by atoms with Gasteiger partial charge in [0.1, 0.15) is 5.75 Å². The molecule has 1 aromatic rings. The zero-order valence-corrected chi connectivity index (χ0v) is 10.8. The molecule has 1 fully saturated rings. The molecule has 0 radical (unpaired) electrons. The fourth-order valence-electron chi connectivity index (χ4n) is 2.24. The van der Waals surface area contributed by atoms with Crippen molar-refractivity contribution in [2.75, 3.05) is 13.7 Å². The Kier molecular flexibility index (Phi) is 3.40. The molecular formula is C13H16ClNO2. The van der Waals surface area contributed by atoms with E-state index in [1.807, 2.05) is 6.92 Å². The van der Waals surface area contributed by atoms with Crippen molar-refractivity contribution in [2.45, 2.75) is 25.3 Å². The van der Waals surface area contributed by atoms with E-state index in [1.165, 1.54) is 0 Å². The number of halogens is 1. The van der Waals surface area contributed by atoms with Gasteiger partial charge in [-0.3, -0.25) is 4.79 Å². The molecule has 4 heteroatoms. The molecule has 0 aliphatic carbocycles. The first-order chi connectivity index (χ1) is 8.07. The van der Waals surface area contributed by atoms with Crippen LogP contribution < -0.4 is 10.1 Å². The molecule has 1 unspecified atom stereocenters. The molecule has 17 heavy (non-hydrogen) atoms. The van der Waals surface area contributed by atoms with Crippen LogP contribution >= 0.6 is 11.6 Å². The summed E-state index contributed by atoms with van der Waals surface area (Å²) in [6, 6.07) is 5.13. The van der Waals surface area contributed by atoms with Gasteiger partial charge in [0.15, 0.2) is 5.78 Å². The van der Waals surface area contributed by atoms with Crippen molar-refractivity contribution in [3.05, 3.63) is 28.8 Å². The fraction of sp³-hybridized carbons (Fsp3) is 0.462. The average Bonchev–Trinajstić information content (AvgIpc) is 2.76. The van der Waals surface area contributed by atoms with Crippen molar-refractivity contribution in [3.63, 3.8) is 0 Å². The van der Waals surface area contributed by atoms with Gasteiger partial charge in [-0.15, -0.1) is 0 Å². The molecule has 1 aliphatic heterocycles. The largest absolute Gasteiger partial charge is 0.496 e. The number of nitrogens with one attached hydrogen (secondary N) is 1. The molecule has 3 nitrogen and oxygen atoms in total. The zero-order valence-electron chi connectivity index (χ0n) is 10.0. The number of rotatable bonds is 3. The molecule has 0 spiro atoms. The highest BCUT2D eigenvalue weighted by molar-refractivity contribution is 6.31. The number of hydrogen-bond acceptors (Lipinski definition) is 3. The van der Waals surface area contributed by atoms with Gasteiger partial charge in [0, 0.05) is 5.02 Å². The van der Waals surface area contributed by atoms with Gasteiger partial charge >= 0.3 is 0 Å². The van der Waals surface area contributed by atoms with Crippen LogP contribution in [0.3, 0.4) is 0 Å². The molecule has 2 rings (SSSR count). The number of Topliss-reactive ketones (excluding diaryl/α,β-unsaturated/α-hetero) is 1. The van der Waals surface area contributed by atoms with Crippen molar-refractivity contribution in [1.82, 2.24) is 5.32 Å². The number of ketones is 1. The molecule has 1 atom stereocenters. The monoisotopic (exact) mass is 253 g/mol. The summed E-state index contributed by atoms with van der Waals surface area (Å²) in [6.07, 6.45) is 1.87. The van der Waals surface area contributed by atoms with Gasteiger partial charge in [-0.1, -0.05) is 11.6 Å². The highest BCUT2D eigenvalue weighted by Crippen LogP contribution is 2.30. The lowest BCUT2D eigenvalue weighted by atomic mass is 9.89. The smallest absolute Gasteiger partial charge is 0.186 e. The van der Waals surface area contributed by atoms with Crippen LogP contribution in [0.1, 0.15) is 30.1 Å². The standard InChI is InChI=1S/C13H16ClNO2/c1-13(6-3-7-15-13)12(16)10-8-9(14)4-5-11(10)17-2/h4-5,8,15H,3,6-7H2,1-2H3. The number of benzene rings is 1. The van der Waals surface area contributed by atoms with Crippen molar-refractivity contribution < 1.29 is 9.53 Å². The number of methoxy groups -OCH3 is 1. The highest BCUT2D eigenvalue weighted by Gasteiger charge is 2.37. The first-order valence-electron chi connectivity index (χ1n) is 5.70. The molecule has 1 aliphatic rings. The Morgan fingerprint density at radius 1 is 1.53 bits per heavy atom. The van der Waals surface area contributed by atoms with Crippen LogP contribution in [0.5, 0.6) is 5.75 Å². The summed E-state index contributed by atoms with van der Waals surface area (Å²) in [6.45, 7) is 2.81. The zero-order chi connectivity index (χ0) is 12.5. The second-order valence-electron chi connectivity index (χ2n) is 4.54. The molecule has 1 saturated heterocycles. The summed E-state index contributed by atoms with van der Waals surface area (Å²) in [7, 11) is 1.56. The molecule has 1 N–H and O–H groups in total. The van der Waals surface area contributed by atoms with Crippen molar-refractivity contribution in [2.24, 2.45) is 0 Å². The first kappa shape index (κ1) is 12.4. The minimum Gasteiger partial charge on any atom is -0.496 e. The van der Waals surface area contributed by atoms with E-state index in [-0.39, 0.29) is 5.78 Å². The third-order valence-corrected chi connectivity index (χ3v) is 3.51. The van der Waals surface area contributed by atoms with Crippen molar-refractivity contribution in [3.8, 4) is 5.75 Å². The predicted octanol–water partition coefficient (Wildman–Crippen LogP) is 2.67. The topological polar surface area (TPSA) is 38.3 Å². The predicted molar refractivity (Wildman–Crippen MR) is 68.0 cm³/mol. The van der Waals surface area contributed by atoms with Crippen LogP contribution in [0.15, 0.2) is 18.2 Å². The average molecular weight is 254 g/mol. The van der Waals surface area contributed by atoms with Gasteiger partial charge in [0.2, 0.25) is 0 Å². The Labute approximate surface area is 106 Å². The molecule has 0 amide bonds.